The molecule has 1 rings (SSSR count). The van der Waals surface area contributed by atoms with Gasteiger partial charge in [0.15, 0.2) is 0 Å². The third kappa shape index (κ3) is 4.12. The number of hydrogen-bond acceptors (Lipinski definition) is 2. The van der Waals surface area contributed by atoms with Crippen molar-refractivity contribution in [3.63, 3.8) is 0 Å². The van der Waals surface area contributed by atoms with Crippen LogP contribution in [0.5, 0.6) is 0 Å². The van der Waals surface area contributed by atoms with Gasteiger partial charge in [-0.05, 0) is 18.8 Å². The molecular formula is C12H22O2. The summed E-state index contributed by atoms with van der Waals surface area (Å²) in [6, 6.07) is 0. The number of ether oxygens (including phenoxy) is 1. The zero-order valence-corrected chi connectivity index (χ0v) is 9.42. The van der Waals surface area contributed by atoms with Gasteiger partial charge in [0.25, 0.3) is 0 Å². The molecule has 0 radical (unpaired) electrons. The van der Waals surface area contributed by atoms with Crippen molar-refractivity contribution in [2.45, 2.75) is 52.4 Å². The molecule has 1 aliphatic rings. The molecular weight excluding hydrogens is 176 g/mol. The number of hydrogen-bond donors (Lipinski definition) is 0. The predicted molar refractivity (Wildman–Crippen MR) is 57.0 cm³/mol. The minimum atomic E-state index is 0.0360. The second kappa shape index (κ2) is 6.05. The van der Waals surface area contributed by atoms with E-state index in [0.717, 1.165) is 18.8 Å². The van der Waals surface area contributed by atoms with Crippen LogP contribution in [0.3, 0.4) is 0 Å². The molecule has 14 heavy (non-hydrogen) atoms. The maximum atomic E-state index is 11.1. The van der Waals surface area contributed by atoms with E-state index in [1.165, 1.54) is 25.7 Å². The predicted octanol–water partition coefficient (Wildman–Crippen LogP) is 3.16. The zero-order chi connectivity index (χ0) is 10.4. The van der Waals surface area contributed by atoms with Crippen molar-refractivity contribution in [1.82, 2.24) is 0 Å². The van der Waals surface area contributed by atoms with Crippen molar-refractivity contribution in [1.29, 1.82) is 0 Å². The Morgan fingerprint density at radius 3 is 2.71 bits per heavy atom. The lowest BCUT2D eigenvalue weighted by Gasteiger charge is -2.06. The first-order chi connectivity index (χ1) is 6.70. The van der Waals surface area contributed by atoms with E-state index in [0.29, 0.717) is 6.61 Å². The van der Waals surface area contributed by atoms with Crippen LogP contribution in [0.1, 0.15) is 52.4 Å². The molecule has 1 heterocycles. The second-order valence-electron chi connectivity index (χ2n) is 4.68. The molecule has 1 atom stereocenters. The van der Waals surface area contributed by atoms with Gasteiger partial charge in [-0.15, -0.1) is 0 Å². The minimum Gasteiger partial charge on any atom is -0.465 e. The van der Waals surface area contributed by atoms with E-state index in [4.69, 9.17) is 4.74 Å². The summed E-state index contributed by atoms with van der Waals surface area (Å²) in [6.45, 7) is 5.16. The molecule has 1 saturated heterocycles. The van der Waals surface area contributed by atoms with Crippen molar-refractivity contribution in [3.8, 4) is 0 Å². The molecule has 82 valence electrons. The van der Waals surface area contributed by atoms with Gasteiger partial charge in [0.05, 0.1) is 12.5 Å². The number of rotatable bonds is 6. The van der Waals surface area contributed by atoms with Crippen molar-refractivity contribution in [2.75, 3.05) is 6.61 Å². The largest absolute Gasteiger partial charge is 0.465 e. The van der Waals surface area contributed by atoms with Crippen LogP contribution in [0, 0.1) is 11.8 Å². The first-order valence-electron chi connectivity index (χ1n) is 5.87. The lowest BCUT2D eigenvalue weighted by Crippen LogP contribution is -2.07. The van der Waals surface area contributed by atoms with Crippen LogP contribution >= 0.6 is 0 Å². The molecule has 1 fully saturated rings. The number of carbonyl (C=O) groups excluding carboxylic acids is 1. The summed E-state index contributed by atoms with van der Waals surface area (Å²) in [6.07, 6.45) is 7.06. The fourth-order valence-corrected chi connectivity index (χ4v) is 1.92. The van der Waals surface area contributed by atoms with Crippen molar-refractivity contribution >= 4 is 5.97 Å². The van der Waals surface area contributed by atoms with E-state index in [1.807, 2.05) is 0 Å². The van der Waals surface area contributed by atoms with Crippen LogP contribution in [-0.4, -0.2) is 12.6 Å². The van der Waals surface area contributed by atoms with E-state index >= 15 is 0 Å². The Balaban J connectivity index is 1.96. The van der Waals surface area contributed by atoms with Crippen LogP contribution < -0.4 is 0 Å². The third-order valence-electron chi connectivity index (χ3n) is 2.88. The topological polar surface area (TPSA) is 26.3 Å². The molecule has 0 amide bonds. The molecule has 0 bridgehead atoms. The average Bonchev–Trinajstić information content (AvgIpc) is 2.51. The SMILES string of the molecule is CC(C)CCCCCC1CCOC1=O. The highest BCUT2D eigenvalue weighted by atomic mass is 16.5. The van der Waals surface area contributed by atoms with E-state index < -0.39 is 0 Å². The second-order valence-corrected chi connectivity index (χ2v) is 4.68. The fraction of sp³-hybridized carbons (Fsp3) is 0.917. The molecule has 0 aromatic rings. The summed E-state index contributed by atoms with van der Waals surface area (Å²) in [5.41, 5.74) is 0. The van der Waals surface area contributed by atoms with Gasteiger partial charge in [0.1, 0.15) is 0 Å². The van der Waals surface area contributed by atoms with Crippen LogP contribution in [0.25, 0.3) is 0 Å². The van der Waals surface area contributed by atoms with Crippen LogP contribution in [0.4, 0.5) is 0 Å². The highest BCUT2D eigenvalue weighted by Crippen LogP contribution is 2.21. The van der Waals surface area contributed by atoms with E-state index in [9.17, 15) is 4.79 Å². The highest BCUT2D eigenvalue weighted by Gasteiger charge is 2.25. The molecule has 2 heteroatoms. The lowest BCUT2D eigenvalue weighted by atomic mass is 9.98. The van der Waals surface area contributed by atoms with Gasteiger partial charge >= 0.3 is 5.97 Å². The van der Waals surface area contributed by atoms with Crippen LogP contribution in [0.2, 0.25) is 0 Å². The van der Waals surface area contributed by atoms with E-state index in [1.54, 1.807) is 0 Å². The summed E-state index contributed by atoms with van der Waals surface area (Å²) in [5.74, 6) is 1.06. The van der Waals surface area contributed by atoms with Gasteiger partial charge in [-0.1, -0.05) is 39.5 Å². The Hall–Kier alpha value is -0.530. The number of carbonyl (C=O) groups is 1. The Morgan fingerprint density at radius 1 is 1.36 bits per heavy atom. The molecule has 0 N–H and O–H groups in total. The first kappa shape index (κ1) is 11.5. The molecule has 2 nitrogen and oxygen atoms in total. The number of unbranched alkanes of at least 4 members (excludes halogenated alkanes) is 2. The fourth-order valence-electron chi connectivity index (χ4n) is 1.92. The first-order valence-corrected chi connectivity index (χ1v) is 5.87. The van der Waals surface area contributed by atoms with Gasteiger partial charge in [-0.3, -0.25) is 4.79 Å². The summed E-state index contributed by atoms with van der Waals surface area (Å²) in [7, 11) is 0. The van der Waals surface area contributed by atoms with Gasteiger partial charge < -0.3 is 4.74 Å². The van der Waals surface area contributed by atoms with Crippen LogP contribution in [0.15, 0.2) is 0 Å². The Kier molecular flexibility index (Phi) is 4.99. The van der Waals surface area contributed by atoms with Gasteiger partial charge in [-0.2, -0.15) is 0 Å². The zero-order valence-electron chi connectivity index (χ0n) is 9.42. The maximum absolute atomic E-state index is 11.1. The normalized spacial score (nSPS) is 21.6. The molecule has 1 unspecified atom stereocenters. The Labute approximate surface area is 87.0 Å². The summed E-state index contributed by atoms with van der Waals surface area (Å²) >= 11 is 0. The van der Waals surface area contributed by atoms with Crippen molar-refractivity contribution < 1.29 is 9.53 Å². The third-order valence-corrected chi connectivity index (χ3v) is 2.88. The van der Waals surface area contributed by atoms with Gasteiger partial charge in [0, 0.05) is 0 Å². The number of cyclic esters (lactones) is 1. The monoisotopic (exact) mass is 198 g/mol. The Morgan fingerprint density at radius 2 is 2.14 bits per heavy atom. The standard InChI is InChI=1S/C12H22O2/c1-10(2)6-4-3-5-7-11-8-9-14-12(11)13/h10-11H,3-9H2,1-2H3. The highest BCUT2D eigenvalue weighted by molar-refractivity contribution is 5.73. The smallest absolute Gasteiger partial charge is 0.309 e. The summed E-state index contributed by atoms with van der Waals surface area (Å²) in [4.78, 5) is 11.1. The molecule has 0 aliphatic carbocycles. The molecule has 1 aliphatic heterocycles. The van der Waals surface area contributed by atoms with Crippen molar-refractivity contribution in [3.05, 3.63) is 0 Å². The lowest BCUT2D eigenvalue weighted by molar-refractivity contribution is -0.141. The maximum Gasteiger partial charge on any atom is 0.309 e. The Bertz CT molecular complexity index is 175. The van der Waals surface area contributed by atoms with Crippen LogP contribution in [-0.2, 0) is 9.53 Å². The van der Waals surface area contributed by atoms with E-state index in [2.05, 4.69) is 13.8 Å². The number of esters is 1. The molecule has 0 saturated carbocycles. The minimum absolute atomic E-state index is 0.0360. The quantitative estimate of drug-likeness (QED) is 0.484. The summed E-state index contributed by atoms with van der Waals surface area (Å²) in [5, 5.41) is 0. The van der Waals surface area contributed by atoms with E-state index in [-0.39, 0.29) is 11.9 Å². The summed E-state index contributed by atoms with van der Waals surface area (Å²) < 4.78 is 4.92. The van der Waals surface area contributed by atoms with Gasteiger partial charge in [0.2, 0.25) is 0 Å². The van der Waals surface area contributed by atoms with Crippen molar-refractivity contribution in [2.24, 2.45) is 11.8 Å². The molecule has 0 aromatic carbocycles. The molecule has 0 aromatic heterocycles. The average molecular weight is 198 g/mol. The molecule has 0 spiro atoms. The van der Waals surface area contributed by atoms with Gasteiger partial charge in [-0.25, -0.2) is 0 Å².